The van der Waals surface area contributed by atoms with E-state index < -0.39 is 11.4 Å². The van der Waals surface area contributed by atoms with Crippen LogP contribution in [0.15, 0.2) is 70.9 Å². The van der Waals surface area contributed by atoms with Crippen LogP contribution in [-0.2, 0) is 11.4 Å². The zero-order valence-electron chi connectivity index (χ0n) is 15.6. The molecule has 2 rings (SSSR count). The van der Waals surface area contributed by atoms with E-state index in [9.17, 15) is 4.55 Å². The molecule has 0 amide bonds. The molecule has 1 aromatic carbocycles. The van der Waals surface area contributed by atoms with Crippen molar-refractivity contribution < 1.29 is 4.55 Å². The topological polar surface area (TPSA) is 47.5 Å². The Morgan fingerprint density at radius 3 is 2.48 bits per heavy atom. The van der Waals surface area contributed by atoms with Crippen LogP contribution in [0, 0.1) is 0 Å². The molecule has 2 atom stereocenters. The Balaban J connectivity index is 2.18. The number of allylic oxidation sites excluding steroid dienone is 6. The standard InChI is InChI=1S/C20H28N3OS/c1-7-8-18(13-14(2)3)17-9-11-19(12-10-17)25(24)22-20-15(4)21-23(6)16(20)5/h7-13,15,21-22,24H,2H2,1,3-6H3/q+1/b8-7?,18-13+. The molecule has 3 N–H and O–H groups in total. The van der Waals surface area contributed by atoms with Crippen LogP contribution in [-0.4, -0.2) is 22.7 Å². The quantitative estimate of drug-likeness (QED) is 0.526. The molecule has 0 aliphatic carbocycles. The highest BCUT2D eigenvalue weighted by Gasteiger charge is 2.30. The predicted octanol–water partition coefficient (Wildman–Crippen LogP) is 4.25. The summed E-state index contributed by atoms with van der Waals surface area (Å²) in [5.41, 5.74) is 8.64. The second-order valence-corrected chi connectivity index (χ2v) is 7.51. The molecule has 1 aliphatic heterocycles. The Morgan fingerprint density at radius 2 is 2.00 bits per heavy atom. The first kappa shape index (κ1) is 19.4. The Labute approximate surface area is 154 Å². The Kier molecular flexibility index (Phi) is 6.53. The molecular weight excluding hydrogens is 330 g/mol. The van der Waals surface area contributed by atoms with E-state index in [1.54, 1.807) is 0 Å². The second kappa shape index (κ2) is 8.43. The minimum Gasteiger partial charge on any atom is -0.313 e. The second-order valence-electron chi connectivity index (χ2n) is 6.27. The molecule has 0 saturated heterocycles. The number of nitrogens with one attached hydrogen (secondary N) is 2. The highest BCUT2D eigenvalue weighted by atomic mass is 32.2. The lowest BCUT2D eigenvalue weighted by Crippen LogP contribution is -2.35. The number of nitrogens with zero attached hydrogens (tertiary/aromatic N) is 1. The molecule has 1 heterocycles. The van der Waals surface area contributed by atoms with Crippen LogP contribution in [0.3, 0.4) is 0 Å². The van der Waals surface area contributed by atoms with Gasteiger partial charge in [0.1, 0.15) is 5.70 Å². The van der Waals surface area contributed by atoms with Crippen LogP contribution in [0.1, 0.15) is 33.3 Å². The zero-order chi connectivity index (χ0) is 18.6. The third-order valence-electron chi connectivity index (χ3n) is 4.08. The molecule has 0 aromatic heterocycles. The van der Waals surface area contributed by atoms with Gasteiger partial charge in [-0.1, -0.05) is 30.4 Å². The fourth-order valence-corrected chi connectivity index (χ4v) is 3.76. The monoisotopic (exact) mass is 358 g/mol. The summed E-state index contributed by atoms with van der Waals surface area (Å²) in [5.74, 6) is 0. The zero-order valence-corrected chi connectivity index (χ0v) is 16.4. The fourth-order valence-electron chi connectivity index (χ4n) is 2.72. The Hall–Kier alpha value is -1.95. The smallest absolute Gasteiger partial charge is 0.303 e. The third kappa shape index (κ3) is 4.78. The van der Waals surface area contributed by atoms with Crippen molar-refractivity contribution in [3.8, 4) is 0 Å². The molecule has 2 unspecified atom stereocenters. The molecule has 5 heteroatoms. The van der Waals surface area contributed by atoms with Crippen molar-refractivity contribution in [2.45, 2.75) is 38.6 Å². The van der Waals surface area contributed by atoms with Crippen molar-refractivity contribution in [3.63, 3.8) is 0 Å². The first-order chi connectivity index (χ1) is 11.8. The van der Waals surface area contributed by atoms with Gasteiger partial charge in [0.05, 0.1) is 11.7 Å². The molecular formula is C20H28N3OS+. The van der Waals surface area contributed by atoms with Crippen molar-refractivity contribution >= 4 is 16.9 Å². The summed E-state index contributed by atoms with van der Waals surface area (Å²) >= 11 is -1.05. The van der Waals surface area contributed by atoms with Gasteiger partial charge in [-0.15, -0.1) is 0 Å². The van der Waals surface area contributed by atoms with Crippen LogP contribution in [0.2, 0.25) is 0 Å². The molecule has 1 aliphatic rings. The summed E-state index contributed by atoms with van der Waals surface area (Å²) in [6, 6.07) is 8.16. The molecule has 0 fully saturated rings. The molecule has 4 nitrogen and oxygen atoms in total. The van der Waals surface area contributed by atoms with Crippen molar-refractivity contribution in [2.24, 2.45) is 0 Å². The van der Waals surface area contributed by atoms with Gasteiger partial charge in [-0.25, -0.2) is 5.43 Å². The average Bonchev–Trinajstić information content (AvgIpc) is 2.80. The van der Waals surface area contributed by atoms with E-state index in [0.29, 0.717) is 0 Å². The van der Waals surface area contributed by atoms with Crippen molar-refractivity contribution in [2.75, 3.05) is 7.05 Å². The van der Waals surface area contributed by atoms with Gasteiger partial charge in [-0.3, -0.25) is 0 Å². The highest BCUT2D eigenvalue weighted by Crippen LogP contribution is 2.22. The van der Waals surface area contributed by atoms with Gasteiger partial charge in [0.25, 0.3) is 0 Å². The van der Waals surface area contributed by atoms with Crippen LogP contribution < -0.4 is 10.1 Å². The summed E-state index contributed by atoms with van der Waals surface area (Å²) < 4.78 is 13.8. The van der Waals surface area contributed by atoms with E-state index >= 15 is 0 Å². The van der Waals surface area contributed by atoms with Gasteiger partial charge in [-0.05, 0) is 63.1 Å². The van der Waals surface area contributed by atoms with Crippen molar-refractivity contribution in [3.05, 3.63) is 71.6 Å². The number of rotatable bonds is 6. The van der Waals surface area contributed by atoms with Gasteiger partial charge in [0.2, 0.25) is 4.90 Å². The number of hydrogen-bond acceptors (Lipinski definition) is 4. The van der Waals surface area contributed by atoms with Crippen molar-refractivity contribution in [1.82, 2.24) is 15.2 Å². The largest absolute Gasteiger partial charge is 0.313 e. The van der Waals surface area contributed by atoms with Crippen LogP contribution in [0.25, 0.3) is 5.57 Å². The van der Waals surface area contributed by atoms with E-state index in [2.05, 4.69) is 35.8 Å². The average molecular weight is 359 g/mol. The number of hydrogen-bond donors (Lipinski definition) is 3. The predicted molar refractivity (Wildman–Crippen MR) is 109 cm³/mol. The minimum atomic E-state index is -1.05. The first-order valence-electron chi connectivity index (χ1n) is 8.34. The fraction of sp³-hybridized carbons (Fsp3) is 0.300. The Bertz CT molecular complexity index is 719. The molecule has 0 saturated carbocycles. The van der Waals surface area contributed by atoms with E-state index in [1.165, 1.54) is 0 Å². The van der Waals surface area contributed by atoms with Gasteiger partial charge >= 0.3 is 11.4 Å². The number of benzene rings is 1. The van der Waals surface area contributed by atoms with Gasteiger partial charge in [-0.2, -0.15) is 9.27 Å². The lowest BCUT2D eigenvalue weighted by atomic mass is 10.0. The maximum atomic E-state index is 10.6. The SMILES string of the molecule is C=C(C)/C=C(\C=CC)c1ccc([S+](O)NC2=C(C)N(C)NC2C)cc1. The van der Waals surface area contributed by atoms with Crippen LogP contribution >= 0.6 is 0 Å². The molecule has 0 spiro atoms. The van der Waals surface area contributed by atoms with E-state index in [-0.39, 0.29) is 6.04 Å². The molecule has 134 valence electrons. The van der Waals surface area contributed by atoms with Gasteiger partial charge in [0.15, 0.2) is 0 Å². The number of hydrazine groups is 1. The highest BCUT2D eigenvalue weighted by molar-refractivity contribution is 7.89. The summed E-state index contributed by atoms with van der Waals surface area (Å²) in [7, 11) is 1.97. The lowest BCUT2D eigenvalue weighted by molar-refractivity contribution is 0.315. The summed E-state index contributed by atoms with van der Waals surface area (Å²) in [6.45, 7) is 12.0. The van der Waals surface area contributed by atoms with E-state index in [1.807, 2.05) is 63.2 Å². The molecule has 0 bridgehead atoms. The lowest BCUT2D eigenvalue weighted by Gasteiger charge is -2.13. The van der Waals surface area contributed by atoms with Crippen LogP contribution in [0.5, 0.6) is 0 Å². The van der Waals surface area contributed by atoms with E-state index in [4.69, 9.17) is 0 Å². The normalized spacial score (nSPS) is 19.7. The maximum Gasteiger partial charge on any atom is 0.303 e. The first-order valence-corrected chi connectivity index (χ1v) is 9.52. The van der Waals surface area contributed by atoms with Gasteiger partial charge < -0.3 is 5.01 Å². The third-order valence-corrected chi connectivity index (χ3v) is 5.21. The summed E-state index contributed by atoms with van der Waals surface area (Å²) in [4.78, 5) is 0.862. The molecule has 25 heavy (non-hydrogen) atoms. The van der Waals surface area contributed by atoms with Crippen molar-refractivity contribution in [1.29, 1.82) is 0 Å². The maximum absolute atomic E-state index is 10.6. The summed E-state index contributed by atoms with van der Waals surface area (Å²) in [6.07, 6.45) is 6.14. The summed E-state index contributed by atoms with van der Waals surface area (Å²) in [5, 5.41) is 1.97. The van der Waals surface area contributed by atoms with Gasteiger partial charge in [0, 0.05) is 7.05 Å². The molecule has 1 aromatic rings. The van der Waals surface area contributed by atoms with Crippen LogP contribution in [0.4, 0.5) is 0 Å². The van der Waals surface area contributed by atoms with E-state index in [0.717, 1.165) is 33.0 Å². The minimum absolute atomic E-state index is 0.159. The Morgan fingerprint density at radius 1 is 1.36 bits per heavy atom. The molecule has 0 radical (unpaired) electrons.